The number of H-pyrrole nitrogens is 1. The second-order valence-corrected chi connectivity index (χ2v) is 9.60. The summed E-state index contributed by atoms with van der Waals surface area (Å²) in [4.78, 5) is 25.1. The molecule has 0 aliphatic carbocycles. The predicted octanol–water partition coefficient (Wildman–Crippen LogP) is 6.80. The maximum atomic E-state index is 11.3. The van der Waals surface area contributed by atoms with E-state index in [-0.39, 0.29) is 5.92 Å². The number of para-hydroxylation sites is 1. The summed E-state index contributed by atoms with van der Waals surface area (Å²) in [5.74, 6) is 0.0264. The lowest BCUT2D eigenvalue weighted by molar-refractivity contribution is 0.0697. The highest BCUT2D eigenvalue weighted by Gasteiger charge is 2.11. The number of unbranched alkanes of at least 4 members (excludes halogenated alkanes) is 2. The summed E-state index contributed by atoms with van der Waals surface area (Å²) in [5.41, 5.74) is 4.38. The summed E-state index contributed by atoms with van der Waals surface area (Å²) in [5, 5.41) is 12.9. The molecular formula is C32H34N2O5. The number of hydrogen-bond donors (Lipinski definition) is 2. The molecule has 1 heterocycles. The summed E-state index contributed by atoms with van der Waals surface area (Å²) in [7, 11) is 0. The highest BCUT2D eigenvalue weighted by molar-refractivity contribution is 5.87. The van der Waals surface area contributed by atoms with Crippen molar-refractivity contribution in [1.29, 1.82) is 0 Å². The summed E-state index contributed by atoms with van der Waals surface area (Å²) in [6.45, 7) is 2.89. The van der Waals surface area contributed by atoms with Crippen LogP contribution in [0.4, 0.5) is 0 Å². The van der Waals surface area contributed by atoms with Crippen molar-refractivity contribution in [2.75, 3.05) is 6.61 Å². The third-order valence-corrected chi connectivity index (χ3v) is 6.64. The Kier molecular flexibility index (Phi) is 9.89. The molecule has 202 valence electrons. The fraction of sp³-hybridized carbons (Fsp3) is 0.281. The highest BCUT2D eigenvalue weighted by Crippen LogP contribution is 2.24. The molecule has 0 amide bonds. The number of aromatic nitrogens is 2. The van der Waals surface area contributed by atoms with Crippen molar-refractivity contribution in [1.82, 2.24) is 10.1 Å². The summed E-state index contributed by atoms with van der Waals surface area (Å²) < 4.78 is 10.7. The lowest BCUT2D eigenvalue weighted by Gasteiger charge is -2.15. The van der Waals surface area contributed by atoms with Crippen LogP contribution in [0, 0.1) is 5.92 Å². The molecular weight excluding hydrogens is 492 g/mol. The molecule has 0 bridgehead atoms. The molecule has 1 unspecified atom stereocenters. The molecule has 39 heavy (non-hydrogen) atoms. The van der Waals surface area contributed by atoms with Gasteiger partial charge in [-0.25, -0.2) is 9.59 Å². The molecule has 0 fully saturated rings. The first-order valence-corrected chi connectivity index (χ1v) is 13.4. The average Bonchev–Trinajstić information content (AvgIpc) is 3.40. The monoisotopic (exact) mass is 526 g/mol. The minimum absolute atomic E-state index is 0.231. The zero-order valence-electron chi connectivity index (χ0n) is 22.1. The summed E-state index contributed by atoms with van der Waals surface area (Å²) in [6, 6.07) is 23.1. The highest BCUT2D eigenvalue weighted by atomic mass is 16.5. The number of aromatic carboxylic acids is 1. The van der Waals surface area contributed by atoms with E-state index in [1.54, 1.807) is 12.1 Å². The van der Waals surface area contributed by atoms with E-state index in [1.807, 2.05) is 54.6 Å². The first kappa shape index (κ1) is 27.6. The Labute approximate surface area is 228 Å². The number of hydrogen-bond acceptors (Lipinski definition) is 5. The van der Waals surface area contributed by atoms with E-state index < -0.39 is 11.7 Å². The van der Waals surface area contributed by atoms with Crippen LogP contribution in [0.5, 0.6) is 5.75 Å². The molecule has 3 aromatic carbocycles. The quantitative estimate of drug-likeness (QED) is 0.175. The van der Waals surface area contributed by atoms with Crippen molar-refractivity contribution < 1.29 is 19.2 Å². The Morgan fingerprint density at radius 3 is 2.46 bits per heavy atom. The van der Waals surface area contributed by atoms with E-state index in [0.29, 0.717) is 18.0 Å². The van der Waals surface area contributed by atoms with Crippen molar-refractivity contribution in [3.8, 4) is 17.1 Å². The first-order valence-electron chi connectivity index (χ1n) is 13.4. The molecule has 2 N–H and O–H groups in total. The van der Waals surface area contributed by atoms with Gasteiger partial charge in [-0.15, -0.1) is 0 Å². The minimum atomic E-state index is -0.920. The number of carboxylic acid groups (broad SMARTS) is 1. The number of ether oxygens (including phenoxy) is 1. The Balaban J connectivity index is 1.49. The van der Waals surface area contributed by atoms with Crippen LogP contribution in [0.1, 0.15) is 59.7 Å². The lowest BCUT2D eigenvalue weighted by Crippen LogP contribution is -2.04. The topological polar surface area (TPSA) is 105 Å². The van der Waals surface area contributed by atoms with Crippen molar-refractivity contribution in [2.24, 2.45) is 5.92 Å². The third kappa shape index (κ3) is 8.30. The van der Waals surface area contributed by atoms with E-state index in [1.165, 1.54) is 0 Å². The number of nitrogens with one attached hydrogen (secondary N) is 1. The molecule has 7 heteroatoms. The molecule has 0 saturated heterocycles. The smallest absolute Gasteiger partial charge is 0.439 e. The number of aromatic amines is 1. The van der Waals surface area contributed by atoms with Crippen LogP contribution >= 0.6 is 0 Å². The van der Waals surface area contributed by atoms with Gasteiger partial charge < -0.3 is 9.84 Å². The number of rotatable bonds is 14. The fourth-order valence-corrected chi connectivity index (χ4v) is 4.41. The second-order valence-electron chi connectivity index (χ2n) is 9.60. The molecule has 0 aliphatic rings. The van der Waals surface area contributed by atoms with E-state index in [0.717, 1.165) is 66.5 Å². The van der Waals surface area contributed by atoms with Gasteiger partial charge in [-0.3, -0.25) is 9.51 Å². The number of aryl methyl sites for hydroxylation is 1. The largest absolute Gasteiger partial charge is 0.493 e. The van der Waals surface area contributed by atoms with Gasteiger partial charge in [0.15, 0.2) is 5.82 Å². The molecule has 7 nitrogen and oxygen atoms in total. The van der Waals surface area contributed by atoms with Gasteiger partial charge in [0.25, 0.3) is 0 Å². The van der Waals surface area contributed by atoms with Crippen LogP contribution < -0.4 is 10.5 Å². The molecule has 0 saturated carbocycles. The van der Waals surface area contributed by atoms with Crippen LogP contribution in [-0.2, 0) is 12.8 Å². The van der Waals surface area contributed by atoms with Gasteiger partial charge >= 0.3 is 11.7 Å². The van der Waals surface area contributed by atoms with Gasteiger partial charge in [-0.1, -0.05) is 91.7 Å². The maximum absolute atomic E-state index is 11.3. The first-order chi connectivity index (χ1) is 19.0. The molecule has 1 atom stereocenters. The van der Waals surface area contributed by atoms with Crippen molar-refractivity contribution in [2.45, 2.75) is 45.4 Å². The van der Waals surface area contributed by atoms with Crippen LogP contribution in [-0.4, -0.2) is 27.8 Å². The van der Waals surface area contributed by atoms with E-state index in [4.69, 9.17) is 4.74 Å². The van der Waals surface area contributed by atoms with Gasteiger partial charge in [0.1, 0.15) is 5.75 Å². The SMILES string of the molecule is CCCCCOc1ccccc1/C=C/C(CCc1ccc(C(=O)O)cc1)Cc1ccc(-c2noc(=O)[nH]2)cc1. The summed E-state index contributed by atoms with van der Waals surface area (Å²) in [6.07, 6.45) is 10.3. The fourth-order valence-electron chi connectivity index (χ4n) is 4.41. The predicted molar refractivity (Wildman–Crippen MR) is 152 cm³/mol. The normalized spacial score (nSPS) is 12.0. The van der Waals surface area contributed by atoms with E-state index >= 15 is 0 Å². The molecule has 0 spiro atoms. The van der Waals surface area contributed by atoms with Gasteiger partial charge in [0, 0.05) is 11.1 Å². The zero-order chi connectivity index (χ0) is 27.5. The van der Waals surface area contributed by atoms with Crippen LogP contribution in [0.25, 0.3) is 17.5 Å². The van der Waals surface area contributed by atoms with Gasteiger partial charge in [0.05, 0.1) is 12.2 Å². The average molecular weight is 527 g/mol. The third-order valence-electron chi connectivity index (χ3n) is 6.64. The molecule has 0 aliphatic heterocycles. The Bertz CT molecular complexity index is 1420. The minimum Gasteiger partial charge on any atom is -0.493 e. The lowest BCUT2D eigenvalue weighted by atomic mass is 9.91. The molecule has 0 radical (unpaired) electrons. The van der Waals surface area contributed by atoms with Crippen molar-refractivity contribution >= 4 is 12.0 Å². The van der Waals surface area contributed by atoms with Crippen LogP contribution in [0.15, 0.2) is 88.2 Å². The van der Waals surface area contributed by atoms with Crippen LogP contribution in [0.3, 0.4) is 0 Å². The van der Waals surface area contributed by atoms with Gasteiger partial charge in [-0.05, 0) is 60.9 Å². The van der Waals surface area contributed by atoms with E-state index in [2.05, 4.69) is 39.8 Å². The molecule has 1 aromatic heterocycles. The second kappa shape index (κ2) is 14.0. The maximum Gasteiger partial charge on any atom is 0.439 e. The summed E-state index contributed by atoms with van der Waals surface area (Å²) >= 11 is 0. The number of nitrogens with zero attached hydrogens (tertiary/aromatic N) is 1. The number of carboxylic acids is 1. The number of benzene rings is 3. The Hall–Kier alpha value is -4.39. The zero-order valence-corrected chi connectivity index (χ0v) is 22.1. The molecule has 4 rings (SSSR count). The molecule has 4 aromatic rings. The van der Waals surface area contributed by atoms with Crippen molar-refractivity contribution in [3.63, 3.8) is 0 Å². The van der Waals surface area contributed by atoms with Gasteiger partial charge in [-0.2, -0.15) is 0 Å². The van der Waals surface area contributed by atoms with E-state index in [9.17, 15) is 14.7 Å². The van der Waals surface area contributed by atoms with Gasteiger partial charge in [0.2, 0.25) is 0 Å². The standard InChI is InChI=1S/C32H34N2O5/c1-2-3-6-21-38-29-8-5-4-7-26(29)16-13-24(10-9-23-11-19-28(20-12-23)31(35)36)22-25-14-17-27(18-15-25)30-33-32(37)39-34-30/h4-5,7-8,11-20,24H,2-3,6,9-10,21-22H2,1H3,(H,35,36)(H,33,34,37)/b16-13+. The Morgan fingerprint density at radius 1 is 1.03 bits per heavy atom. The number of allylic oxidation sites excluding steroid dienone is 1. The number of carbonyl (C=O) groups is 1. The van der Waals surface area contributed by atoms with Crippen molar-refractivity contribution in [3.05, 3.63) is 112 Å². The van der Waals surface area contributed by atoms with Crippen LogP contribution in [0.2, 0.25) is 0 Å². The Morgan fingerprint density at radius 2 is 1.77 bits per heavy atom.